The van der Waals surface area contributed by atoms with E-state index >= 15 is 0 Å². The summed E-state index contributed by atoms with van der Waals surface area (Å²) in [4.78, 5) is 11.3. The molecular formula is C11H14ClN3. The maximum atomic E-state index is 6.08. The SMILES string of the molecule is CCCC(C)c1c[nH]c2ncnc(Cl)c12. The van der Waals surface area contributed by atoms with Gasteiger partial charge in [0.1, 0.15) is 17.1 Å². The Morgan fingerprint density at radius 1 is 1.47 bits per heavy atom. The van der Waals surface area contributed by atoms with Crippen LogP contribution in [0.15, 0.2) is 12.5 Å². The van der Waals surface area contributed by atoms with Crippen molar-refractivity contribution in [3.8, 4) is 0 Å². The lowest BCUT2D eigenvalue weighted by molar-refractivity contribution is 0.669. The van der Waals surface area contributed by atoms with Crippen LogP contribution in [-0.4, -0.2) is 15.0 Å². The highest BCUT2D eigenvalue weighted by Gasteiger charge is 2.14. The molecule has 2 rings (SSSR count). The number of hydrogen-bond acceptors (Lipinski definition) is 2. The second-order valence-corrected chi connectivity index (χ2v) is 4.18. The van der Waals surface area contributed by atoms with Crippen molar-refractivity contribution < 1.29 is 0 Å². The molecule has 1 unspecified atom stereocenters. The van der Waals surface area contributed by atoms with Gasteiger partial charge in [0.05, 0.1) is 5.39 Å². The molecule has 0 spiro atoms. The van der Waals surface area contributed by atoms with Crippen LogP contribution < -0.4 is 0 Å². The molecule has 2 heterocycles. The first-order chi connectivity index (χ1) is 7.24. The van der Waals surface area contributed by atoms with Crippen LogP contribution in [0.1, 0.15) is 38.2 Å². The third-order valence-electron chi connectivity index (χ3n) is 2.71. The van der Waals surface area contributed by atoms with Gasteiger partial charge in [0, 0.05) is 6.20 Å². The molecule has 1 N–H and O–H groups in total. The van der Waals surface area contributed by atoms with Crippen molar-refractivity contribution in [2.45, 2.75) is 32.6 Å². The van der Waals surface area contributed by atoms with E-state index in [1.54, 1.807) is 0 Å². The number of H-pyrrole nitrogens is 1. The minimum Gasteiger partial charge on any atom is -0.346 e. The predicted octanol–water partition coefficient (Wildman–Crippen LogP) is 3.51. The fourth-order valence-electron chi connectivity index (χ4n) is 1.92. The summed E-state index contributed by atoms with van der Waals surface area (Å²) < 4.78 is 0. The van der Waals surface area contributed by atoms with Crippen LogP contribution in [0, 0.1) is 0 Å². The van der Waals surface area contributed by atoms with Gasteiger partial charge >= 0.3 is 0 Å². The second-order valence-electron chi connectivity index (χ2n) is 3.82. The van der Waals surface area contributed by atoms with Crippen LogP contribution in [0.5, 0.6) is 0 Å². The number of hydrogen-bond donors (Lipinski definition) is 1. The van der Waals surface area contributed by atoms with Crippen LogP contribution >= 0.6 is 11.6 Å². The summed E-state index contributed by atoms with van der Waals surface area (Å²) in [6.45, 7) is 4.39. The molecule has 0 saturated heterocycles. The van der Waals surface area contributed by atoms with Crippen molar-refractivity contribution in [1.29, 1.82) is 0 Å². The van der Waals surface area contributed by atoms with Gasteiger partial charge in [-0.25, -0.2) is 9.97 Å². The summed E-state index contributed by atoms with van der Waals surface area (Å²) in [7, 11) is 0. The summed E-state index contributed by atoms with van der Waals surface area (Å²) in [5, 5.41) is 1.51. The molecule has 0 bridgehead atoms. The summed E-state index contributed by atoms with van der Waals surface area (Å²) in [5.74, 6) is 0.493. The van der Waals surface area contributed by atoms with E-state index in [9.17, 15) is 0 Å². The van der Waals surface area contributed by atoms with Gasteiger partial charge in [-0.05, 0) is 17.9 Å². The average Bonchev–Trinajstić information content (AvgIpc) is 2.63. The van der Waals surface area contributed by atoms with Gasteiger partial charge in [-0.3, -0.25) is 0 Å². The lowest BCUT2D eigenvalue weighted by Crippen LogP contribution is -1.92. The monoisotopic (exact) mass is 223 g/mol. The molecule has 0 amide bonds. The summed E-state index contributed by atoms with van der Waals surface area (Å²) in [5.41, 5.74) is 2.05. The Hall–Kier alpha value is -1.09. The lowest BCUT2D eigenvalue weighted by atomic mass is 9.97. The van der Waals surface area contributed by atoms with Crippen molar-refractivity contribution in [1.82, 2.24) is 15.0 Å². The normalized spacial score (nSPS) is 13.3. The zero-order valence-corrected chi connectivity index (χ0v) is 9.67. The molecule has 0 aliphatic heterocycles. The van der Waals surface area contributed by atoms with Crippen LogP contribution in [0.4, 0.5) is 0 Å². The molecule has 80 valence electrons. The molecule has 0 fully saturated rings. The predicted molar refractivity (Wildman–Crippen MR) is 62.2 cm³/mol. The number of halogens is 1. The number of fused-ring (bicyclic) bond motifs is 1. The summed E-state index contributed by atoms with van der Waals surface area (Å²) >= 11 is 6.08. The van der Waals surface area contributed by atoms with Crippen LogP contribution in [0.3, 0.4) is 0 Å². The highest BCUT2D eigenvalue weighted by Crippen LogP contribution is 2.30. The Morgan fingerprint density at radius 2 is 2.27 bits per heavy atom. The molecule has 2 aromatic heterocycles. The van der Waals surface area contributed by atoms with E-state index < -0.39 is 0 Å². The van der Waals surface area contributed by atoms with Gasteiger partial charge in [-0.2, -0.15) is 0 Å². The first kappa shape index (κ1) is 10.4. The van der Waals surface area contributed by atoms with E-state index in [-0.39, 0.29) is 0 Å². The molecule has 3 nitrogen and oxygen atoms in total. The van der Waals surface area contributed by atoms with E-state index in [1.165, 1.54) is 18.3 Å². The topological polar surface area (TPSA) is 41.6 Å². The fraction of sp³-hybridized carbons (Fsp3) is 0.455. The molecule has 4 heteroatoms. The molecule has 2 aromatic rings. The molecule has 0 aliphatic carbocycles. The molecular weight excluding hydrogens is 210 g/mol. The Labute approximate surface area is 93.9 Å². The number of aromatic amines is 1. The van der Waals surface area contributed by atoms with Gasteiger partial charge in [0.25, 0.3) is 0 Å². The van der Waals surface area contributed by atoms with E-state index in [2.05, 4.69) is 28.8 Å². The van der Waals surface area contributed by atoms with Crippen molar-refractivity contribution >= 4 is 22.6 Å². The van der Waals surface area contributed by atoms with Gasteiger partial charge < -0.3 is 4.98 Å². The Morgan fingerprint density at radius 3 is 3.00 bits per heavy atom. The second kappa shape index (κ2) is 4.19. The zero-order chi connectivity index (χ0) is 10.8. The van der Waals surface area contributed by atoms with E-state index in [4.69, 9.17) is 11.6 Å². The van der Waals surface area contributed by atoms with E-state index in [1.807, 2.05) is 6.20 Å². The molecule has 0 aliphatic rings. The van der Waals surface area contributed by atoms with Crippen molar-refractivity contribution in [3.63, 3.8) is 0 Å². The third kappa shape index (κ3) is 1.84. The van der Waals surface area contributed by atoms with Gasteiger partial charge in [-0.1, -0.05) is 31.9 Å². The smallest absolute Gasteiger partial charge is 0.142 e. The number of nitrogens with one attached hydrogen (secondary N) is 1. The molecule has 15 heavy (non-hydrogen) atoms. The van der Waals surface area contributed by atoms with Gasteiger partial charge in [0.15, 0.2) is 0 Å². The highest BCUT2D eigenvalue weighted by molar-refractivity contribution is 6.34. The first-order valence-electron chi connectivity index (χ1n) is 5.21. The highest BCUT2D eigenvalue weighted by atomic mass is 35.5. The van der Waals surface area contributed by atoms with E-state index in [0.29, 0.717) is 11.1 Å². The van der Waals surface area contributed by atoms with E-state index in [0.717, 1.165) is 17.5 Å². The molecule has 0 radical (unpaired) electrons. The van der Waals surface area contributed by atoms with Crippen LogP contribution in [-0.2, 0) is 0 Å². The lowest BCUT2D eigenvalue weighted by Gasteiger charge is -2.08. The number of aromatic nitrogens is 3. The average molecular weight is 224 g/mol. The van der Waals surface area contributed by atoms with Crippen LogP contribution in [0.2, 0.25) is 5.15 Å². The van der Waals surface area contributed by atoms with Gasteiger partial charge in [-0.15, -0.1) is 0 Å². The van der Waals surface area contributed by atoms with Gasteiger partial charge in [0.2, 0.25) is 0 Å². The third-order valence-corrected chi connectivity index (χ3v) is 2.99. The quantitative estimate of drug-likeness (QED) is 0.809. The standard InChI is InChI=1S/C11H14ClN3/c1-3-4-7(2)8-5-13-11-9(8)10(12)14-6-15-11/h5-7H,3-4H2,1-2H3,(H,13,14,15). The zero-order valence-electron chi connectivity index (χ0n) is 8.92. The maximum Gasteiger partial charge on any atom is 0.142 e. The molecule has 1 atom stereocenters. The Kier molecular flexibility index (Phi) is 2.91. The minimum absolute atomic E-state index is 0.493. The van der Waals surface area contributed by atoms with Crippen molar-refractivity contribution in [2.24, 2.45) is 0 Å². The van der Waals surface area contributed by atoms with Crippen molar-refractivity contribution in [2.75, 3.05) is 0 Å². The Bertz CT molecular complexity index is 464. The minimum atomic E-state index is 0.493. The maximum absolute atomic E-state index is 6.08. The fourth-order valence-corrected chi connectivity index (χ4v) is 2.17. The first-order valence-corrected chi connectivity index (χ1v) is 5.59. The molecule has 0 saturated carbocycles. The Balaban J connectivity index is 2.52. The van der Waals surface area contributed by atoms with Crippen molar-refractivity contribution in [3.05, 3.63) is 23.2 Å². The summed E-state index contributed by atoms with van der Waals surface area (Å²) in [6.07, 6.45) is 5.79. The summed E-state index contributed by atoms with van der Waals surface area (Å²) in [6, 6.07) is 0. The number of rotatable bonds is 3. The van der Waals surface area contributed by atoms with Crippen LogP contribution in [0.25, 0.3) is 11.0 Å². The number of nitrogens with zero attached hydrogens (tertiary/aromatic N) is 2. The molecule has 0 aromatic carbocycles. The largest absolute Gasteiger partial charge is 0.346 e.